The number of nitrogens with one attached hydrogen (secondary N) is 1. The fourth-order valence-electron chi connectivity index (χ4n) is 1.61. The van der Waals surface area contributed by atoms with Crippen LogP contribution in [0, 0.1) is 11.8 Å². The van der Waals surface area contributed by atoms with Crippen molar-refractivity contribution in [2.24, 2.45) is 0 Å². The van der Waals surface area contributed by atoms with Crippen LogP contribution in [0.15, 0.2) is 18.2 Å². The summed E-state index contributed by atoms with van der Waals surface area (Å²) >= 11 is 0. The zero-order valence-corrected chi connectivity index (χ0v) is 11.4. The molecule has 3 nitrogen and oxygen atoms in total. The van der Waals surface area contributed by atoms with E-state index in [9.17, 15) is 0 Å². The Hall–Kier alpha value is -1.66. The van der Waals surface area contributed by atoms with Crippen molar-refractivity contribution in [2.45, 2.75) is 26.8 Å². The van der Waals surface area contributed by atoms with E-state index >= 15 is 0 Å². The minimum absolute atomic E-state index is 0.638. The fourth-order valence-corrected chi connectivity index (χ4v) is 1.61. The standard InChI is InChI=1S/C15H21NO2/c1-4-6-7-10-16-12-13-8-9-14(17-3)15(11-13)18-5-2/h8-9,11,16H,5,7,10,12H2,1-3H3. The van der Waals surface area contributed by atoms with Crippen molar-refractivity contribution in [1.29, 1.82) is 0 Å². The predicted molar refractivity (Wildman–Crippen MR) is 73.9 cm³/mol. The van der Waals surface area contributed by atoms with Gasteiger partial charge in [-0.25, -0.2) is 0 Å². The minimum Gasteiger partial charge on any atom is -0.493 e. The van der Waals surface area contributed by atoms with E-state index in [1.807, 2.05) is 32.0 Å². The molecule has 1 rings (SSSR count). The van der Waals surface area contributed by atoms with Crippen LogP contribution in [0.1, 0.15) is 25.8 Å². The van der Waals surface area contributed by atoms with Crippen LogP contribution in [0.2, 0.25) is 0 Å². The van der Waals surface area contributed by atoms with Crippen LogP contribution in [0.4, 0.5) is 0 Å². The lowest BCUT2D eigenvalue weighted by atomic mass is 10.2. The van der Waals surface area contributed by atoms with E-state index in [-0.39, 0.29) is 0 Å². The van der Waals surface area contributed by atoms with Crippen LogP contribution < -0.4 is 14.8 Å². The number of hydrogen-bond donors (Lipinski definition) is 1. The zero-order valence-electron chi connectivity index (χ0n) is 11.4. The van der Waals surface area contributed by atoms with Gasteiger partial charge in [-0.15, -0.1) is 11.8 Å². The van der Waals surface area contributed by atoms with Crippen molar-refractivity contribution in [2.75, 3.05) is 20.3 Å². The molecule has 0 saturated carbocycles. The molecule has 1 aromatic rings. The maximum Gasteiger partial charge on any atom is 0.161 e. The van der Waals surface area contributed by atoms with Crippen LogP contribution in [0.3, 0.4) is 0 Å². The van der Waals surface area contributed by atoms with Crippen molar-refractivity contribution in [3.05, 3.63) is 23.8 Å². The summed E-state index contributed by atoms with van der Waals surface area (Å²) in [5.74, 6) is 7.48. The highest BCUT2D eigenvalue weighted by molar-refractivity contribution is 5.42. The summed E-state index contributed by atoms with van der Waals surface area (Å²) in [6.45, 7) is 6.18. The molecule has 0 aromatic heterocycles. The van der Waals surface area contributed by atoms with Gasteiger partial charge in [-0.05, 0) is 31.5 Å². The molecule has 0 atom stereocenters. The Morgan fingerprint density at radius 3 is 2.78 bits per heavy atom. The molecular formula is C15H21NO2. The van der Waals surface area contributed by atoms with Crippen LogP contribution in [-0.2, 0) is 6.54 Å². The average molecular weight is 247 g/mol. The van der Waals surface area contributed by atoms with E-state index in [0.29, 0.717) is 6.61 Å². The summed E-state index contributed by atoms with van der Waals surface area (Å²) in [5.41, 5.74) is 1.18. The molecule has 1 aromatic carbocycles. The van der Waals surface area contributed by atoms with E-state index in [0.717, 1.165) is 31.0 Å². The second kappa shape index (κ2) is 8.43. The van der Waals surface area contributed by atoms with E-state index in [1.54, 1.807) is 7.11 Å². The maximum absolute atomic E-state index is 5.54. The molecule has 3 heteroatoms. The first-order valence-corrected chi connectivity index (χ1v) is 6.21. The number of benzene rings is 1. The van der Waals surface area contributed by atoms with Crippen molar-refractivity contribution in [3.63, 3.8) is 0 Å². The lowest BCUT2D eigenvalue weighted by Gasteiger charge is -2.11. The number of hydrogen-bond acceptors (Lipinski definition) is 3. The van der Waals surface area contributed by atoms with Gasteiger partial charge in [0, 0.05) is 19.5 Å². The highest BCUT2D eigenvalue weighted by atomic mass is 16.5. The Morgan fingerprint density at radius 2 is 2.11 bits per heavy atom. The van der Waals surface area contributed by atoms with Gasteiger partial charge in [-0.3, -0.25) is 0 Å². The van der Waals surface area contributed by atoms with Crippen molar-refractivity contribution in [3.8, 4) is 23.3 Å². The molecule has 0 bridgehead atoms. The van der Waals surface area contributed by atoms with Gasteiger partial charge >= 0.3 is 0 Å². The van der Waals surface area contributed by atoms with E-state index in [4.69, 9.17) is 9.47 Å². The monoisotopic (exact) mass is 247 g/mol. The normalized spacial score (nSPS) is 9.50. The lowest BCUT2D eigenvalue weighted by molar-refractivity contribution is 0.310. The summed E-state index contributed by atoms with van der Waals surface area (Å²) in [6.07, 6.45) is 0.880. The first kappa shape index (κ1) is 14.4. The summed E-state index contributed by atoms with van der Waals surface area (Å²) in [6, 6.07) is 5.99. The molecule has 1 N–H and O–H groups in total. The number of ether oxygens (including phenoxy) is 2. The molecule has 0 unspecified atom stereocenters. The molecule has 0 aliphatic rings. The predicted octanol–water partition coefficient (Wildman–Crippen LogP) is 2.60. The Balaban J connectivity index is 2.54. The van der Waals surface area contributed by atoms with E-state index < -0.39 is 0 Å². The Morgan fingerprint density at radius 1 is 1.28 bits per heavy atom. The van der Waals surface area contributed by atoms with Gasteiger partial charge in [-0.2, -0.15) is 0 Å². The first-order chi connectivity index (χ1) is 8.81. The largest absolute Gasteiger partial charge is 0.493 e. The van der Waals surface area contributed by atoms with Crippen LogP contribution >= 0.6 is 0 Å². The van der Waals surface area contributed by atoms with Crippen LogP contribution in [-0.4, -0.2) is 20.3 Å². The third kappa shape index (κ3) is 4.68. The van der Waals surface area contributed by atoms with Gasteiger partial charge in [0.05, 0.1) is 13.7 Å². The Labute approximate surface area is 109 Å². The SMILES string of the molecule is CC#CCCNCc1ccc(OC)c(OCC)c1. The van der Waals surface area contributed by atoms with E-state index in [1.165, 1.54) is 5.56 Å². The Kier molecular flexibility index (Phi) is 6.75. The lowest BCUT2D eigenvalue weighted by Crippen LogP contribution is -2.14. The van der Waals surface area contributed by atoms with Crippen molar-refractivity contribution in [1.82, 2.24) is 5.32 Å². The molecule has 0 heterocycles. The third-order valence-electron chi connectivity index (χ3n) is 2.46. The quantitative estimate of drug-likeness (QED) is 0.593. The second-order valence-corrected chi connectivity index (χ2v) is 3.77. The fraction of sp³-hybridized carbons (Fsp3) is 0.467. The molecule has 0 radical (unpaired) electrons. The summed E-state index contributed by atoms with van der Waals surface area (Å²) in [7, 11) is 1.65. The van der Waals surface area contributed by atoms with Gasteiger partial charge < -0.3 is 14.8 Å². The summed E-state index contributed by atoms with van der Waals surface area (Å²) < 4.78 is 10.8. The van der Waals surface area contributed by atoms with Gasteiger partial charge in [0.15, 0.2) is 11.5 Å². The molecule has 0 fully saturated rings. The molecule has 98 valence electrons. The second-order valence-electron chi connectivity index (χ2n) is 3.77. The van der Waals surface area contributed by atoms with E-state index in [2.05, 4.69) is 17.2 Å². The average Bonchev–Trinajstić information content (AvgIpc) is 2.39. The summed E-state index contributed by atoms with van der Waals surface area (Å²) in [5, 5.41) is 3.34. The van der Waals surface area contributed by atoms with Gasteiger partial charge in [0.2, 0.25) is 0 Å². The molecule has 18 heavy (non-hydrogen) atoms. The molecule has 0 aliphatic carbocycles. The number of rotatable bonds is 7. The minimum atomic E-state index is 0.638. The molecule has 0 spiro atoms. The van der Waals surface area contributed by atoms with Crippen LogP contribution in [0.5, 0.6) is 11.5 Å². The third-order valence-corrected chi connectivity index (χ3v) is 2.46. The smallest absolute Gasteiger partial charge is 0.161 e. The first-order valence-electron chi connectivity index (χ1n) is 6.21. The molecule has 0 amide bonds. The van der Waals surface area contributed by atoms with Crippen molar-refractivity contribution >= 4 is 0 Å². The molecule has 0 saturated heterocycles. The highest BCUT2D eigenvalue weighted by Gasteiger charge is 2.04. The zero-order chi connectivity index (χ0) is 13.2. The molecule has 0 aliphatic heterocycles. The van der Waals surface area contributed by atoms with Gasteiger partial charge in [0.25, 0.3) is 0 Å². The molecular weight excluding hydrogens is 226 g/mol. The highest BCUT2D eigenvalue weighted by Crippen LogP contribution is 2.27. The Bertz CT molecular complexity index is 418. The van der Waals surface area contributed by atoms with Gasteiger partial charge in [0.1, 0.15) is 0 Å². The van der Waals surface area contributed by atoms with Crippen molar-refractivity contribution < 1.29 is 9.47 Å². The van der Waals surface area contributed by atoms with Crippen LogP contribution in [0.25, 0.3) is 0 Å². The number of methoxy groups -OCH3 is 1. The van der Waals surface area contributed by atoms with Gasteiger partial charge in [-0.1, -0.05) is 6.07 Å². The maximum atomic E-state index is 5.54. The topological polar surface area (TPSA) is 30.5 Å². The summed E-state index contributed by atoms with van der Waals surface area (Å²) in [4.78, 5) is 0.